The van der Waals surface area contributed by atoms with Crippen molar-refractivity contribution in [2.75, 3.05) is 32.6 Å². The summed E-state index contributed by atoms with van der Waals surface area (Å²) in [5.74, 6) is 1.41. The first-order chi connectivity index (χ1) is 9.59. The second kappa shape index (κ2) is 7.45. The number of rotatable bonds is 6. The second-order valence-electron chi connectivity index (χ2n) is 5.16. The predicted octanol–water partition coefficient (Wildman–Crippen LogP) is 1.98. The van der Waals surface area contributed by atoms with Gasteiger partial charge in [0.2, 0.25) is 5.91 Å². The zero-order valence-corrected chi connectivity index (χ0v) is 13.3. The summed E-state index contributed by atoms with van der Waals surface area (Å²) >= 11 is 3.33. The Morgan fingerprint density at radius 1 is 1.55 bits per heavy atom. The number of amides is 1. The molecule has 0 spiro atoms. The number of aliphatic hydroxyl groups is 1. The fraction of sp³-hybridized carbons (Fsp3) is 0.643. The Hall–Kier alpha value is -0.560. The topological polar surface area (TPSA) is 49.8 Å². The second-order valence-corrected chi connectivity index (χ2v) is 7.18. The highest BCUT2D eigenvalue weighted by Crippen LogP contribution is 2.22. The lowest BCUT2D eigenvalue weighted by Gasteiger charge is -2.35. The van der Waals surface area contributed by atoms with Gasteiger partial charge in [-0.2, -0.15) is 0 Å². The van der Waals surface area contributed by atoms with E-state index in [9.17, 15) is 9.90 Å². The first kappa shape index (κ1) is 15.8. The van der Waals surface area contributed by atoms with Crippen LogP contribution in [0.4, 0.5) is 0 Å². The van der Waals surface area contributed by atoms with Crippen LogP contribution in [0.2, 0.25) is 0 Å². The quantitative estimate of drug-likeness (QED) is 0.872. The average molecular weight is 315 g/mol. The molecule has 1 saturated heterocycles. The Kier molecular flexibility index (Phi) is 5.89. The van der Waals surface area contributed by atoms with Crippen LogP contribution in [0.15, 0.2) is 17.5 Å². The number of ether oxygens (including phenoxy) is 1. The van der Waals surface area contributed by atoms with E-state index in [2.05, 4.69) is 6.07 Å². The highest BCUT2D eigenvalue weighted by Gasteiger charge is 2.32. The Labute approximate surface area is 128 Å². The summed E-state index contributed by atoms with van der Waals surface area (Å²) in [5.41, 5.74) is -0.777. The molecule has 1 aliphatic heterocycles. The predicted molar refractivity (Wildman–Crippen MR) is 83.1 cm³/mol. The van der Waals surface area contributed by atoms with Gasteiger partial charge in [-0.25, -0.2) is 0 Å². The molecule has 112 valence electrons. The van der Waals surface area contributed by atoms with Crippen LogP contribution >= 0.6 is 23.1 Å². The van der Waals surface area contributed by atoms with Crippen molar-refractivity contribution in [3.05, 3.63) is 22.4 Å². The number of thioether (sulfide) groups is 1. The minimum absolute atomic E-state index is 0.0754. The number of hydrogen-bond acceptors (Lipinski definition) is 5. The molecule has 4 nitrogen and oxygen atoms in total. The van der Waals surface area contributed by atoms with E-state index in [1.165, 1.54) is 4.88 Å². The SMILES string of the molecule is CN(CC1(O)CCOCC1)C(=O)CSCc1cccs1. The molecule has 0 radical (unpaired) electrons. The van der Waals surface area contributed by atoms with E-state index in [1.807, 2.05) is 11.4 Å². The largest absolute Gasteiger partial charge is 0.388 e. The van der Waals surface area contributed by atoms with Gasteiger partial charge in [-0.15, -0.1) is 23.1 Å². The molecular formula is C14H21NO3S2. The Bertz CT molecular complexity index is 416. The zero-order valence-electron chi connectivity index (χ0n) is 11.7. The smallest absolute Gasteiger partial charge is 0.232 e. The molecule has 1 aromatic rings. The summed E-state index contributed by atoms with van der Waals surface area (Å²) in [4.78, 5) is 15.0. The van der Waals surface area contributed by atoms with Gasteiger partial charge in [0.1, 0.15) is 0 Å². The first-order valence-electron chi connectivity index (χ1n) is 6.73. The highest BCUT2D eigenvalue weighted by molar-refractivity contribution is 7.99. The maximum atomic E-state index is 12.1. The molecule has 0 aromatic carbocycles. The summed E-state index contributed by atoms with van der Waals surface area (Å²) in [7, 11) is 1.77. The third kappa shape index (κ3) is 4.77. The lowest BCUT2D eigenvalue weighted by atomic mass is 9.94. The molecule has 6 heteroatoms. The van der Waals surface area contributed by atoms with E-state index < -0.39 is 5.60 Å². The van der Waals surface area contributed by atoms with Gasteiger partial charge in [0, 0.05) is 50.3 Å². The number of carbonyl (C=O) groups is 1. The molecule has 2 rings (SSSR count). The third-order valence-corrected chi connectivity index (χ3v) is 5.46. The minimum Gasteiger partial charge on any atom is -0.388 e. The van der Waals surface area contributed by atoms with E-state index in [1.54, 1.807) is 35.0 Å². The van der Waals surface area contributed by atoms with Crippen molar-refractivity contribution in [1.29, 1.82) is 0 Å². The zero-order chi connectivity index (χ0) is 14.4. The lowest BCUT2D eigenvalue weighted by Crippen LogP contribution is -2.47. The molecule has 20 heavy (non-hydrogen) atoms. The number of hydrogen-bond donors (Lipinski definition) is 1. The van der Waals surface area contributed by atoms with Gasteiger partial charge in [-0.3, -0.25) is 4.79 Å². The summed E-state index contributed by atoms with van der Waals surface area (Å²) < 4.78 is 5.25. The normalized spacial score (nSPS) is 17.9. The van der Waals surface area contributed by atoms with Crippen LogP contribution in [0, 0.1) is 0 Å². The average Bonchev–Trinajstić information content (AvgIpc) is 2.92. The number of carbonyl (C=O) groups excluding carboxylic acids is 1. The molecular weight excluding hydrogens is 294 g/mol. The molecule has 0 unspecified atom stereocenters. The van der Waals surface area contributed by atoms with Gasteiger partial charge in [-0.1, -0.05) is 6.07 Å². The van der Waals surface area contributed by atoms with Crippen molar-refractivity contribution in [2.24, 2.45) is 0 Å². The van der Waals surface area contributed by atoms with E-state index in [-0.39, 0.29) is 5.91 Å². The van der Waals surface area contributed by atoms with E-state index in [0.717, 1.165) is 5.75 Å². The van der Waals surface area contributed by atoms with Gasteiger partial charge in [0.15, 0.2) is 0 Å². The Balaban J connectivity index is 1.71. The van der Waals surface area contributed by atoms with Gasteiger partial charge in [0.25, 0.3) is 0 Å². The van der Waals surface area contributed by atoms with Crippen molar-refractivity contribution >= 4 is 29.0 Å². The van der Waals surface area contributed by atoms with Crippen LogP contribution in [0.3, 0.4) is 0 Å². The summed E-state index contributed by atoms with van der Waals surface area (Å²) in [5, 5.41) is 12.4. The summed E-state index contributed by atoms with van der Waals surface area (Å²) in [6, 6.07) is 4.10. The molecule has 1 fully saturated rings. The van der Waals surface area contributed by atoms with Crippen molar-refractivity contribution in [2.45, 2.75) is 24.2 Å². The highest BCUT2D eigenvalue weighted by atomic mass is 32.2. The Morgan fingerprint density at radius 2 is 2.30 bits per heavy atom. The maximum absolute atomic E-state index is 12.1. The van der Waals surface area contributed by atoms with Crippen molar-refractivity contribution in [1.82, 2.24) is 4.90 Å². The first-order valence-corrected chi connectivity index (χ1v) is 8.77. The van der Waals surface area contributed by atoms with Crippen LogP contribution in [0.1, 0.15) is 17.7 Å². The maximum Gasteiger partial charge on any atom is 0.232 e. The van der Waals surface area contributed by atoms with Crippen LogP contribution < -0.4 is 0 Å². The van der Waals surface area contributed by atoms with E-state index in [0.29, 0.717) is 38.4 Å². The monoisotopic (exact) mass is 315 g/mol. The number of nitrogens with zero attached hydrogens (tertiary/aromatic N) is 1. The molecule has 0 aliphatic carbocycles. The van der Waals surface area contributed by atoms with Gasteiger partial charge in [0.05, 0.1) is 11.4 Å². The minimum atomic E-state index is -0.777. The summed E-state index contributed by atoms with van der Waals surface area (Å²) in [6.07, 6.45) is 1.21. The molecule has 0 bridgehead atoms. The molecule has 2 heterocycles. The molecule has 1 amide bonds. The van der Waals surface area contributed by atoms with Crippen LogP contribution in [-0.2, 0) is 15.3 Å². The summed E-state index contributed by atoms with van der Waals surface area (Å²) in [6.45, 7) is 1.55. The van der Waals surface area contributed by atoms with Crippen LogP contribution in [0.5, 0.6) is 0 Å². The molecule has 1 aliphatic rings. The van der Waals surface area contributed by atoms with E-state index in [4.69, 9.17) is 4.74 Å². The number of likely N-dealkylation sites (N-methyl/N-ethyl adjacent to an activating group) is 1. The fourth-order valence-corrected chi connectivity index (χ4v) is 3.99. The Morgan fingerprint density at radius 3 is 2.95 bits per heavy atom. The van der Waals surface area contributed by atoms with Gasteiger partial charge < -0.3 is 14.7 Å². The van der Waals surface area contributed by atoms with Gasteiger partial charge >= 0.3 is 0 Å². The molecule has 0 saturated carbocycles. The van der Waals surface area contributed by atoms with Crippen molar-refractivity contribution < 1.29 is 14.6 Å². The molecule has 0 atom stereocenters. The molecule has 1 aromatic heterocycles. The third-order valence-electron chi connectivity index (χ3n) is 3.43. The molecule has 1 N–H and O–H groups in total. The number of thiophene rings is 1. The lowest BCUT2D eigenvalue weighted by molar-refractivity contribution is -0.134. The van der Waals surface area contributed by atoms with E-state index >= 15 is 0 Å². The van der Waals surface area contributed by atoms with Crippen LogP contribution in [0.25, 0.3) is 0 Å². The van der Waals surface area contributed by atoms with Gasteiger partial charge in [-0.05, 0) is 11.4 Å². The van der Waals surface area contributed by atoms with Crippen LogP contribution in [-0.4, -0.2) is 54.1 Å². The van der Waals surface area contributed by atoms with Crippen molar-refractivity contribution in [3.8, 4) is 0 Å². The standard InChI is InChI=1S/C14H21NO3S2/c1-15(11-14(17)4-6-18-7-5-14)13(16)10-19-9-12-3-2-8-20-12/h2-3,8,17H,4-7,9-11H2,1H3. The fourth-order valence-electron chi connectivity index (χ4n) is 2.18. The van der Waals surface area contributed by atoms with Crippen molar-refractivity contribution in [3.63, 3.8) is 0 Å².